The maximum absolute atomic E-state index is 9.28. The molecule has 0 bridgehead atoms. The Bertz CT molecular complexity index is 281. The molecule has 0 aromatic heterocycles. The van der Waals surface area contributed by atoms with Crippen LogP contribution in [-0.2, 0) is 0 Å². The Balaban J connectivity index is 2.08. The molecule has 2 aliphatic rings. The van der Waals surface area contributed by atoms with Crippen molar-refractivity contribution in [2.24, 2.45) is 17.8 Å². The van der Waals surface area contributed by atoms with E-state index < -0.39 is 0 Å². The van der Waals surface area contributed by atoms with E-state index in [0.717, 1.165) is 18.3 Å². The van der Waals surface area contributed by atoms with Gasteiger partial charge in [-0.1, -0.05) is 13.8 Å². The summed E-state index contributed by atoms with van der Waals surface area (Å²) in [4.78, 5) is 2.62. The van der Waals surface area contributed by atoms with Crippen LogP contribution < -0.4 is 0 Å². The number of nitrogens with zero attached hydrogens (tertiary/aromatic N) is 2. The van der Waals surface area contributed by atoms with Crippen molar-refractivity contribution in [3.8, 4) is 6.07 Å². The number of likely N-dealkylation sites (tertiary alicyclic amines) is 1. The molecule has 5 atom stereocenters. The Morgan fingerprint density at radius 1 is 1.06 bits per heavy atom. The van der Waals surface area contributed by atoms with Crippen LogP contribution in [0, 0.1) is 29.1 Å². The molecule has 16 heavy (non-hydrogen) atoms. The molecule has 1 saturated heterocycles. The predicted molar refractivity (Wildman–Crippen MR) is 65.9 cm³/mol. The van der Waals surface area contributed by atoms with Crippen LogP contribution in [0.15, 0.2) is 0 Å². The lowest BCUT2D eigenvalue weighted by Crippen LogP contribution is -2.45. The van der Waals surface area contributed by atoms with Gasteiger partial charge in [0.15, 0.2) is 0 Å². The van der Waals surface area contributed by atoms with Crippen LogP contribution in [0.25, 0.3) is 0 Å². The normalized spacial score (nSPS) is 45.5. The molecule has 2 fully saturated rings. The van der Waals surface area contributed by atoms with Crippen LogP contribution in [0.4, 0.5) is 0 Å². The van der Waals surface area contributed by atoms with Crippen LogP contribution >= 0.6 is 0 Å². The Kier molecular flexibility index (Phi) is 3.54. The molecule has 90 valence electrons. The largest absolute Gasteiger partial charge is 0.296 e. The summed E-state index contributed by atoms with van der Waals surface area (Å²) in [7, 11) is 0. The van der Waals surface area contributed by atoms with Gasteiger partial charge in [0, 0.05) is 18.6 Å². The first-order valence-electron chi connectivity index (χ1n) is 6.77. The molecule has 0 aromatic carbocycles. The van der Waals surface area contributed by atoms with Gasteiger partial charge in [-0.2, -0.15) is 5.26 Å². The van der Waals surface area contributed by atoms with Crippen LogP contribution in [0.3, 0.4) is 0 Å². The number of hydrogen-bond donors (Lipinski definition) is 0. The zero-order valence-corrected chi connectivity index (χ0v) is 10.8. The summed E-state index contributed by atoms with van der Waals surface area (Å²) < 4.78 is 0. The van der Waals surface area contributed by atoms with Crippen molar-refractivity contribution in [1.82, 2.24) is 4.90 Å². The highest BCUT2D eigenvalue weighted by molar-refractivity contribution is 5.00. The highest BCUT2D eigenvalue weighted by Crippen LogP contribution is 2.36. The molecular weight excluding hydrogens is 196 g/mol. The number of nitriles is 1. The molecular formula is C14H24N2. The number of rotatable bonds is 1. The van der Waals surface area contributed by atoms with Crippen molar-refractivity contribution >= 4 is 0 Å². The first-order chi connectivity index (χ1) is 7.61. The molecule has 0 radical (unpaired) electrons. The van der Waals surface area contributed by atoms with Crippen molar-refractivity contribution in [2.75, 3.05) is 6.54 Å². The van der Waals surface area contributed by atoms with Crippen molar-refractivity contribution < 1.29 is 0 Å². The van der Waals surface area contributed by atoms with Gasteiger partial charge in [-0.15, -0.1) is 0 Å². The summed E-state index contributed by atoms with van der Waals surface area (Å²) in [5.74, 6) is 1.90. The fourth-order valence-corrected chi connectivity index (χ4v) is 3.66. The Hall–Kier alpha value is -0.550. The van der Waals surface area contributed by atoms with Gasteiger partial charge in [0.1, 0.15) is 0 Å². The minimum atomic E-state index is 0.281. The highest BCUT2D eigenvalue weighted by Gasteiger charge is 2.38. The quantitative estimate of drug-likeness (QED) is 0.679. The molecule has 1 aliphatic carbocycles. The van der Waals surface area contributed by atoms with Gasteiger partial charge >= 0.3 is 0 Å². The smallest absolute Gasteiger partial charge is 0.0672 e. The van der Waals surface area contributed by atoms with Gasteiger partial charge in [0.25, 0.3) is 0 Å². The molecule has 5 unspecified atom stereocenters. The van der Waals surface area contributed by atoms with Gasteiger partial charge < -0.3 is 0 Å². The molecule has 1 aliphatic heterocycles. The van der Waals surface area contributed by atoms with E-state index in [1.54, 1.807) is 0 Å². The van der Waals surface area contributed by atoms with Crippen molar-refractivity contribution in [3.63, 3.8) is 0 Å². The van der Waals surface area contributed by atoms with E-state index >= 15 is 0 Å². The minimum absolute atomic E-state index is 0.281. The lowest BCUT2D eigenvalue weighted by Gasteiger charge is -2.39. The van der Waals surface area contributed by atoms with E-state index in [4.69, 9.17) is 0 Å². The van der Waals surface area contributed by atoms with Crippen molar-refractivity contribution in [3.05, 3.63) is 0 Å². The van der Waals surface area contributed by atoms with Crippen molar-refractivity contribution in [1.29, 1.82) is 5.26 Å². The molecule has 2 heteroatoms. The molecule has 2 rings (SSSR count). The van der Waals surface area contributed by atoms with Gasteiger partial charge in [-0.3, -0.25) is 4.90 Å². The van der Waals surface area contributed by atoms with Crippen LogP contribution in [0.2, 0.25) is 0 Å². The fraction of sp³-hybridized carbons (Fsp3) is 0.929. The molecule has 0 spiro atoms. The Morgan fingerprint density at radius 3 is 2.38 bits per heavy atom. The summed E-state index contributed by atoms with van der Waals surface area (Å²) >= 11 is 0. The van der Waals surface area contributed by atoms with Gasteiger partial charge in [0.05, 0.1) is 12.0 Å². The van der Waals surface area contributed by atoms with E-state index in [2.05, 4.69) is 31.7 Å². The van der Waals surface area contributed by atoms with Crippen molar-refractivity contribution in [2.45, 2.75) is 58.5 Å². The predicted octanol–water partition coefficient (Wildman–Crippen LogP) is 3.05. The number of hydrogen-bond acceptors (Lipinski definition) is 2. The van der Waals surface area contributed by atoms with Crippen LogP contribution in [0.1, 0.15) is 46.5 Å². The summed E-state index contributed by atoms with van der Waals surface area (Å²) in [6.07, 6.45) is 4.89. The SMILES string of the molecule is CC1CCC(C#N)C(N2CC(C)CC2C)C1. The molecule has 2 nitrogen and oxygen atoms in total. The van der Waals surface area contributed by atoms with E-state index in [0.29, 0.717) is 12.1 Å². The summed E-state index contributed by atoms with van der Waals surface area (Å²) in [6, 6.07) is 3.76. The standard InChI is InChI=1S/C14H24N2/c1-10-4-5-13(8-15)14(7-10)16-9-11(2)6-12(16)3/h10-14H,4-7,9H2,1-3H3. The first kappa shape index (κ1) is 11.9. The van der Waals surface area contributed by atoms with E-state index in [1.807, 2.05) is 0 Å². The lowest BCUT2D eigenvalue weighted by atomic mass is 9.79. The van der Waals surface area contributed by atoms with Gasteiger partial charge in [0.2, 0.25) is 0 Å². The second-order valence-electron chi connectivity index (χ2n) is 6.11. The zero-order chi connectivity index (χ0) is 11.7. The molecule has 1 saturated carbocycles. The Morgan fingerprint density at radius 2 is 1.81 bits per heavy atom. The average Bonchev–Trinajstić information content (AvgIpc) is 2.57. The second-order valence-corrected chi connectivity index (χ2v) is 6.11. The fourth-order valence-electron chi connectivity index (χ4n) is 3.66. The van der Waals surface area contributed by atoms with Crippen LogP contribution in [0.5, 0.6) is 0 Å². The second kappa shape index (κ2) is 4.75. The lowest BCUT2D eigenvalue weighted by molar-refractivity contribution is 0.0982. The van der Waals surface area contributed by atoms with E-state index in [1.165, 1.54) is 25.8 Å². The average molecular weight is 220 g/mol. The summed E-state index contributed by atoms with van der Waals surface area (Å²) in [6.45, 7) is 8.21. The van der Waals surface area contributed by atoms with E-state index in [-0.39, 0.29) is 5.92 Å². The zero-order valence-electron chi connectivity index (χ0n) is 10.8. The highest BCUT2D eigenvalue weighted by atomic mass is 15.2. The third kappa shape index (κ3) is 2.25. The van der Waals surface area contributed by atoms with Crippen LogP contribution in [-0.4, -0.2) is 23.5 Å². The van der Waals surface area contributed by atoms with Gasteiger partial charge in [-0.25, -0.2) is 0 Å². The maximum Gasteiger partial charge on any atom is 0.0672 e. The third-order valence-corrected chi connectivity index (χ3v) is 4.50. The molecule has 0 N–H and O–H groups in total. The molecule has 0 amide bonds. The summed E-state index contributed by atoms with van der Waals surface area (Å²) in [5, 5.41) is 9.28. The first-order valence-corrected chi connectivity index (χ1v) is 6.77. The third-order valence-electron chi connectivity index (χ3n) is 4.50. The molecule has 0 aromatic rings. The topological polar surface area (TPSA) is 27.0 Å². The minimum Gasteiger partial charge on any atom is -0.296 e. The maximum atomic E-state index is 9.28. The monoisotopic (exact) mass is 220 g/mol. The molecule has 1 heterocycles. The Labute approximate surface area is 99.6 Å². The van der Waals surface area contributed by atoms with Gasteiger partial charge in [-0.05, 0) is 44.4 Å². The summed E-state index contributed by atoms with van der Waals surface area (Å²) in [5.41, 5.74) is 0. The van der Waals surface area contributed by atoms with E-state index in [9.17, 15) is 5.26 Å².